The average Bonchev–Trinajstić information content (AvgIpc) is 3.00. The Morgan fingerprint density at radius 2 is 2.15 bits per heavy atom. The maximum Gasteiger partial charge on any atom is 0.255 e. The molecule has 3 rings (SSSR count). The normalized spacial score (nSPS) is 27.8. The van der Waals surface area contributed by atoms with Gasteiger partial charge in [0.15, 0.2) is 0 Å². The van der Waals surface area contributed by atoms with Crippen LogP contribution in [0.1, 0.15) is 41.6 Å². The zero-order chi connectivity index (χ0) is 14.3. The second-order valence-corrected chi connectivity index (χ2v) is 6.71. The molecule has 108 valence electrons. The fourth-order valence-corrected chi connectivity index (χ4v) is 4.12. The summed E-state index contributed by atoms with van der Waals surface area (Å²) in [7, 11) is 1.91. The zero-order valence-electron chi connectivity index (χ0n) is 12.4. The molecular formula is C17H24N2O. The van der Waals surface area contributed by atoms with Gasteiger partial charge in [-0.2, -0.15) is 0 Å². The highest BCUT2D eigenvalue weighted by atomic mass is 16.2. The van der Waals surface area contributed by atoms with Crippen LogP contribution in [0.4, 0.5) is 5.69 Å². The van der Waals surface area contributed by atoms with E-state index in [1.54, 1.807) is 0 Å². The van der Waals surface area contributed by atoms with Crippen molar-refractivity contribution in [1.29, 1.82) is 0 Å². The Labute approximate surface area is 121 Å². The summed E-state index contributed by atoms with van der Waals surface area (Å²) in [5, 5.41) is 0. The van der Waals surface area contributed by atoms with Crippen LogP contribution >= 0.6 is 0 Å². The number of fused-ring (bicyclic) bond motifs is 2. The fraction of sp³-hybridized carbons (Fsp3) is 0.588. The maximum absolute atomic E-state index is 12.5. The lowest BCUT2D eigenvalue weighted by Crippen LogP contribution is -2.34. The number of benzene rings is 1. The molecule has 3 atom stereocenters. The molecule has 1 aromatic carbocycles. The van der Waals surface area contributed by atoms with Crippen LogP contribution in [0.2, 0.25) is 0 Å². The number of hydrogen-bond acceptors (Lipinski definition) is 2. The molecule has 0 saturated heterocycles. The van der Waals surface area contributed by atoms with E-state index in [0.29, 0.717) is 17.2 Å². The van der Waals surface area contributed by atoms with Crippen LogP contribution < -0.4 is 5.73 Å². The third-order valence-corrected chi connectivity index (χ3v) is 5.18. The highest BCUT2D eigenvalue weighted by molar-refractivity contribution is 5.99. The van der Waals surface area contributed by atoms with E-state index in [2.05, 4.69) is 0 Å². The van der Waals surface area contributed by atoms with Gasteiger partial charge in [-0.1, -0.05) is 12.5 Å². The van der Waals surface area contributed by atoms with E-state index in [4.69, 9.17) is 5.73 Å². The Balaban J connectivity index is 1.67. The molecule has 0 heterocycles. The first-order valence-corrected chi connectivity index (χ1v) is 7.66. The van der Waals surface area contributed by atoms with Crippen molar-refractivity contribution < 1.29 is 4.79 Å². The van der Waals surface area contributed by atoms with Crippen molar-refractivity contribution in [1.82, 2.24) is 4.90 Å². The summed E-state index contributed by atoms with van der Waals surface area (Å²) < 4.78 is 0. The predicted octanol–water partition coefficient (Wildman–Crippen LogP) is 3.09. The van der Waals surface area contributed by atoms with E-state index in [1.807, 2.05) is 37.1 Å². The van der Waals surface area contributed by atoms with Crippen molar-refractivity contribution in [3.8, 4) is 0 Å². The number of hydrogen-bond donors (Lipinski definition) is 1. The van der Waals surface area contributed by atoms with Gasteiger partial charge in [-0.05, 0) is 61.6 Å². The number of nitrogen functional groups attached to an aromatic ring is 1. The molecule has 2 N–H and O–H groups in total. The molecule has 2 aliphatic carbocycles. The summed E-state index contributed by atoms with van der Waals surface area (Å²) in [6, 6.07) is 5.68. The molecule has 0 aromatic heterocycles. The van der Waals surface area contributed by atoms with Gasteiger partial charge in [-0.3, -0.25) is 4.79 Å². The molecule has 0 aliphatic heterocycles. The molecular weight excluding hydrogens is 248 g/mol. The summed E-state index contributed by atoms with van der Waals surface area (Å²) in [4.78, 5) is 14.4. The smallest absolute Gasteiger partial charge is 0.255 e. The van der Waals surface area contributed by atoms with Crippen molar-refractivity contribution in [2.75, 3.05) is 19.3 Å². The third-order valence-electron chi connectivity index (χ3n) is 5.18. The molecule has 2 bridgehead atoms. The van der Waals surface area contributed by atoms with Gasteiger partial charge in [0.05, 0.1) is 5.56 Å². The summed E-state index contributed by atoms with van der Waals surface area (Å²) in [5.41, 5.74) is 8.31. The molecule has 3 nitrogen and oxygen atoms in total. The molecule has 20 heavy (non-hydrogen) atoms. The molecule has 2 saturated carbocycles. The Kier molecular flexibility index (Phi) is 3.45. The Bertz CT molecular complexity index is 526. The first kappa shape index (κ1) is 13.5. The Hall–Kier alpha value is -1.51. The topological polar surface area (TPSA) is 46.3 Å². The van der Waals surface area contributed by atoms with Gasteiger partial charge in [0, 0.05) is 19.3 Å². The number of amides is 1. The summed E-state index contributed by atoms with van der Waals surface area (Å²) in [6.45, 7) is 2.87. The van der Waals surface area contributed by atoms with E-state index >= 15 is 0 Å². The van der Waals surface area contributed by atoms with Crippen molar-refractivity contribution in [2.24, 2.45) is 17.8 Å². The first-order valence-electron chi connectivity index (χ1n) is 7.66. The summed E-state index contributed by atoms with van der Waals surface area (Å²) in [5.74, 6) is 2.54. The third kappa shape index (κ3) is 2.41. The van der Waals surface area contributed by atoms with Crippen molar-refractivity contribution in [3.05, 3.63) is 29.3 Å². The second-order valence-electron chi connectivity index (χ2n) is 6.71. The lowest BCUT2D eigenvalue weighted by Gasteiger charge is -2.27. The number of aryl methyl sites for hydroxylation is 1. The van der Waals surface area contributed by atoms with Crippen LogP contribution in [0.15, 0.2) is 18.2 Å². The van der Waals surface area contributed by atoms with Crippen LogP contribution in [-0.2, 0) is 0 Å². The summed E-state index contributed by atoms with van der Waals surface area (Å²) >= 11 is 0. The molecule has 3 unspecified atom stereocenters. The first-order chi connectivity index (χ1) is 9.54. The van der Waals surface area contributed by atoms with Crippen molar-refractivity contribution >= 4 is 11.6 Å². The molecule has 0 spiro atoms. The van der Waals surface area contributed by atoms with Gasteiger partial charge >= 0.3 is 0 Å². The van der Waals surface area contributed by atoms with E-state index in [1.165, 1.54) is 25.7 Å². The average molecular weight is 272 g/mol. The Morgan fingerprint density at radius 3 is 2.75 bits per heavy atom. The lowest BCUT2D eigenvalue weighted by atomic mass is 9.88. The zero-order valence-corrected chi connectivity index (χ0v) is 12.4. The fourth-order valence-electron chi connectivity index (χ4n) is 4.12. The SMILES string of the molecule is Cc1ccc(C(=O)N(C)CC2CC3CCC2C3)c(N)c1. The van der Waals surface area contributed by atoms with Gasteiger partial charge in [0.1, 0.15) is 0 Å². The molecule has 1 amide bonds. The van der Waals surface area contributed by atoms with E-state index in [0.717, 1.165) is 23.9 Å². The maximum atomic E-state index is 12.5. The predicted molar refractivity (Wildman–Crippen MR) is 81.5 cm³/mol. The van der Waals surface area contributed by atoms with Crippen LogP contribution in [-0.4, -0.2) is 24.4 Å². The minimum absolute atomic E-state index is 0.0604. The van der Waals surface area contributed by atoms with Gasteiger partial charge < -0.3 is 10.6 Å². The largest absolute Gasteiger partial charge is 0.398 e. The molecule has 2 fully saturated rings. The monoisotopic (exact) mass is 272 g/mol. The van der Waals surface area contributed by atoms with E-state index < -0.39 is 0 Å². The van der Waals surface area contributed by atoms with Crippen LogP contribution in [0.3, 0.4) is 0 Å². The van der Waals surface area contributed by atoms with Crippen molar-refractivity contribution in [2.45, 2.75) is 32.6 Å². The van der Waals surface area contributed by atoms with Gasteiger partial charge in [-0.25, -0.2) is 0 Å². The minimum Gasteiger partial charge on any atom is -0.398 e. The second kappa shape index (κ2) is 5.12. The number of nitrogens with two attached hydrogens (primary N) is 1. The molecule has 2 aliphatic rings. The molecule has 3 heteroatoms. The van der Waals surface area contributed by atoms with Crippen molar-refractivity contribution in [3.63, 3.8) is 0 Å². The van der Waals surface area contributed by atoms with Crippen LogP contribution in [0.5, 0.6) is 0 Å². The lowest BCUT2D eigenvalue weighted by molar-refractivity contribution is 0.0755. The number of anilines is 1. The number of carbonyl (C=O) groups excluding carboxylic acids is 1. The van der Waals surface area contributed by atoms with Crippen LogP contribution in [0.25, 0.3) is 0 Å². The quantitative estimate of drug-likeness (QED) is 0.859. The van der Waals surface area contributed by atoms with Gasteiger partial charge in [0.2, 0.25) is 0 Å². The number of nitrogens with zero attached hydrogens (tertiary/aromatic N) is 1. The molecule has 1 aromatic rings. The van der Waals surface area contributed by atoms with Gasteiger partial charge in [-0.15, -0.1) is 0 Å². The molecule has 0 radical (unpaired) electrons. The minimum atomic E-state index is 0.0604. The van der Waals surface area contributed by atoms with E-state index in [9.17, 15) is 4.79 Å². The van der Waals surface area contributed by atoms with E-state index in [-0.39, 0.29) is 5.91 Å². The highest BCUT2D eigenvalue weighted by Crippen LogP contribution is 2.48. The van der Waals surface area contributed by atoms with Crippen LogP contribution in [0, 0.1) is 24.7 Å². The number of rotatable bonds is 3. The highest BCUT2D eigenvalue weighted by Gasteiger charge is 2.40. The van der Waals surface area contributed by atoms with Gasteiger partial charge in [0.25, 0.3) is 5.91 Å². The number of carbonyl (C=O) groups is 1. The summed E-state index contributed by atoms with van der Waals surface area (Å²) in [6.07, 6.45) is 5.47. The Morgan fingerprint density at radius 1 is 1.35 bits per heavy atom. The standard InChI is InChI=1S/C17H24N2O/c1-11-3-6-15(16(18)7-11)17(20)19(2)10-14-9-12-4-5-13(14)8-12/h3,6-7,12-14H,4-5,8-10,18H2,1-2H3.